The van der Waals surface area contributed by atoms with Crippen LogP contribution in [0.3, 0.4) is 0 Å². The molecule has 120 valence electrons. The minimum atomic E-state index is 0.101. The van der Waals surface area contributed by atoms with E-state index < -0.39 is 0 Å². The summed E-state index contributed by atoms with van der Waals surface area (Å²) in [5.74, 6) is 1.19. The number of fused-ring (bicyclic) bond motifs is 4. The fraction of sp³-hybridized carbons (Fsp3) is 0.211. The van der Waals surface area contributed by atoms with Crippen molar-refractivity contribution >= 4 is 28.8 Å². The lowest BCUT2D eigenvalue weighted by molar-refractivity contribution is 0.562. The molecule has 5 rings (SSSR count). The summed E-state index contributed by atoms with van der Waals surface area (Å²) in [5, 5.41) is 3.57. The van der Waals surface area contributed by atoms with E-state index in [1.807, 2.05) is 6.07 Å². The largest absolute Gasteiger partial charge is 0.338 e. The number of benzene rings is 2. The van der Waals surface area contributed by atoms with Gasteiger partial charge >= 0.3 is 0 Å². The zero-order valence-corrected chi connectivity index (χ0v) is 13.4. The smallest absolute Gasteiger partial charge is 0.209 e. The van der Waals surface area contributed by atoms with Gasteiger partial charge < -0.3 is 5.32 Å². The standard InChI is InChI=1S/C19H19N5/c1-12-17-14(13-7-3-2-4-8-13)11-24-16-10-6-5-9-15(16)20-19(24)21-18(17)23-22-12/h2-12,17-18,22-23H,1H3,(H,20,21). The molecule has 0 amide bonds. The van der Waals surface area contributed by atoms with Crippen molar-refractivity contribution in [2.45, 2.75) is 19.1 Å². The summed E-state index contributed by atoms with van der Waals surface area (Å²) in [6, 6.07) is 19.2. The highest BCUT2D eigenvalue weighted by atomic mass is 15.5. The molecule has 3 N–H and O–H groups in total. The zero-order valence-electron chi connectivity index (χ0n) is 13.4. The molecule has 3 aromatic rings. The number of rotatable bonds is 1. The lowest BCUT2D eigenvalue weighted by Gasteiger charge is -2.22. The lowest BCUT2D eigenvalue weighted by Crippen LogP contribution is -2.38. The van der Waals surface area contributed by atoms with E-state index in [0.717, 1.165) is 17.0 Å². The van der Waals surface area contributed by atoms with Crippen LogP contribution in [0.15, 0.2) is 54.6 Å². The van der Waals surface area contributed by atoms with E-state index in [1.165, 1.54) is 11.1 Å². The molecule has 2 aromatic carbocycles. The molecule has 5 nitrogen and oxygen atoms in total. The number of anilines is 1. The third-order valence-electron chi connectivity index (χ3n) is 4.98. The summed E-state index contributed by atoms with van der Waals surface area (Å²) in [6.07, 6.45) is 2.34. The first-order chi connectivity index (χ1) is 11.8. The summed E-state index contributed by atoms with van der Waals surface area (Å²) in [7, 11) is 0. The Morgan fingerprint density at radius 3 is 2.62 bits per heavy atom. The van der Waals surface area contributed by atoms with E-state index in [-0.39, 0.29) is 6.17 Å². The lowest BCUT2D eigenvalue weighted by atomic mass is 9.87. The Balaban J connectivity index is 1.77. The van der Waals surface area contributed by atoms with Crippen molar-refractivity contribution < 1.29 is 0 Å². The summed E-state index contributed by atoms with van der Waals surface area (Å²) < 4.78 is 2.17. The van der Waals surface area contributed by atoms with Crippen LogP contribution < -0.4 is 16.2 Å². The molecular weight excluding hydrogens is 298 g/mol. The minimum absolute atomic E-state index is 0.101. The number of nitrogens with one attached hydrogen (secondary N) is 3. The van der Waals surface area contributed by atoms with E-state index in [2.05, 4.69) is 82.4 Å². The number of nitrogens with zero attached hydrogens (tertiary/aromatic N) is 2. The molecule has 0 spiro atoms. The van der Waals surface area contributed by atoms with Crippen LogP contribution in [0.5, 0.6) is 0 Å². The van der Waals surface area contributed by atoms with Gasteiger partial charge in [0, 0.05) is 18.2 Å². The van der Waals surface area contributed by atoms with Crippen molar-refractivity contribution in [3.8, 4) is 0 Å². The molecule has 0 aliphatic carbocycles. The number of hydrogen-bond donors (Lipinski definition) is 3. The van der Waals surface area contributed by atoms with Crippen LogP contribution in [-0.4, -0.2) is 21.8 Å². The fourth-order valence-corrected chi connectivity index (χ4v) is 3.80. The maximum atomic E-state index is 4.77. The van der Waals surface area contributed by atoms with Crippen LogP contribution in [0.2, 0.25) is 0 Å². The van der Waals surface area contributed by atoms with Crippen LogP contribution in [0.1, 0.15) is 12.5 Å². The second kappa shape index (κ2) is 5.19. The van der Waals surface area contributed by atoms with Crippen molar-refractivity contribution in [3.05, 3.63) is 60.2 Å². The molecule has 2 aliphatic rings. The van der Waals surface area contributed by atoms with E-state index in [9.17, 15) is 0 Å². The van der Waals surface area contributed by atoms with Gasteiger partial charge in [0.15, 0.2) is 0 Å². The van der Waals surface area contributed by atoms with Crippen molar-refractivity contribution in [1.82, 2.24) is 20.4 Å². The highest BCUT2D eigenvalue weighted by molar-refractivity contribution is 5.88. The normalized spacial score (nSPS) is 25.5. The van der Waals surface area contributed by atoms with Gasteiger partial charge in [-0.2, -0.15) is 0 Å². The Hall–Kier alpha value is -2.63. The summed E-state index contributed by atoms with van der Waals surface area (Å²) >= 11 is 0. The third kappa shape index (κ3) is 1.99. The van der Waals surface area contributed by atoms with Crippen LogP contribution in [0, 0.1) is 5.92 Å². The SMILES string of the molecule is CC1NNC2Nc3nc4ccccc4n3C=C(c3ccccc3)C12. The summed E-state index contributed by atoms with van der Waals surface area (Å²) in [5.41, 5.74) is 11.4. The van der Waals surface area contributed by atoms with E-state index in [4.69, 9.17) is 4.98 Å². The van der Waals surface area contributed by atoms with Gasteiger partial charge in [-0.15, -0.1) is 0 Å². The van der Waals surface area contributed by atoms with Crippen molar-refractivity contribution in [3.63, 3.8) is 0 Å². The number of imidazole rings is 1. The maximum Gasteiger partial charge on any atom is 0.209 e. The van der Waals surface area contributed by atoms with Crippen LogP contribution in [0.25, 0.3) is 22.8 Å². The van der Waals surface area contributed by atoms with Gasteiger partial charge in [-0.3, -0.25) is 9.99 Å². The van der Waals surface area contributed by atoms with Crippen molar-refractivity contribution in [2.24, 2.45) is 5.92 Å². The molecule has 1 aromatic heterocycles. The van der Waals surface area contributed by atoms with Gasteiger partial charge in [0.1, 0.15) is 6.17 Å². The average molecular weight is 317 g/mol. The molecule has 2 aliphatic heterocycles. The van der Waals surface area contributed by atoms with Crippen LogP contribution in [0.4, 0.5) is 5.95 Å². The maximum absolute atomic E-state index is 4.77. The van der Waals surface area contributed by atoms with Gasteiger partial charge in [-0.05, 0) is 30.2 Å². The molecule has 3 atom stereocenters. The molecule has 5 heteroatoms. The minimum Gasteiger partial charge on any atom is -0.338 e. The number of hydrazine groups is 1. The van der Waals surface area contributed by atoms with Gasteiger partial charge in [0.2, 0.25) is 5.95 Å². The topological polar surface area (TPSA) is 53.9 Å². The molecule has 3 heterocycles. The molecule has 3 unspecified atom stereocenters. The Kier molecular flexibility index (Phi) is 2.98. The first-order valence-corrected chi connectivity index (χ1v) is 8.33. The van der Waals surface area contributed by atoms with Crippen molar-refractivity contribution in [2.75, 3.05) is 5.32 Å². The number of aromatic nitrogens is 2. The number of para-hydroxylation sites is 2. The fourth-order valence-electron chi connectivity index (χ4n) is 3.80. The Labute approximate surface area is 140 Å². The summed E-state index contributed by atoms with van der Waals surface area (Å²) in [4.78, 5) is 4.77. The van der Waals surface area contributed by atoms with E-state index in [0.29, 0.717) is 12.0 Å². The molecule has 0 saturated carbocycles. The zero-order chi connectivity index (χ0) is 16.1. The van der Waals surface area contributed by atoms with Gasteiger partial charge in [-0.25, -0.2) is 10.4 Å². The Morgan fingerprint density at radius 2 is 1.75 bits per heavy atom. The monoisotopic (exact) mass is 317 g/mol. The molecule has 24 heavy (non-hydrogen) atoms. The predicted octanol–water partition coefficient (Wildman–Crippen LogP) is 2.90. The third-order valence-corrected chi connectivity index (χ3v) is 4.98. The first kappa shape index (κ1) is 13.8. The molecule has 0 radical (unpaired) electrons. The number of hydrogen-bond acceptors (Lipinski definition) is 4. The highest BCUT2D eigenvalue weighted by Crippen LogP contribution is 2.36. The predicted molar refractivity (Wildman–Crippen MR) is 97.0 cm³/mol. The Bertz CT molecular complexity index is 927. The second-order valence-corrected chi connectivity index (χ2v) is 6.47. The second-order valence-electron chi connectivity index (χ2n) is 6.47. The molecule has 1 fully saturated rings. The summed E-state index contributed by atoms with van der Waals surface area (Å²) in [6.45, 7) is 2.21. The van der Waals surface area contributed by atoms with Gasteiger partial charge in [0.25, 0.3) is 0 Å². The highest BCUT2D eigenvalue weighted by Gasteiger charge is 2.38. The Morgan fingerprint density at radius 1 is 0.958 bits per heavy atom. The van der Waals surface area contributed by atoms with Crippen molar-refractivity contribution in [1.29, 1.82) is 0 Å². The first-order valence-electron chi connectivity index (χ1n) is 8.33. The van der Waals surface area contributed by atoms with E-state index >= 15 is 0 Å². The quantitative estimate of drug-likeness (QED) is 0.646. The molecule has 0 bridgehead atoms. The van der Waals surface area contributed by atoms with Crippen LogP contribution in [-0.2, 0) is 0 Å². The molecular formula is C19H19N5. The van der Waals surface area contributed by atoms with Gasteiger partial charge in [-0.1, -0.05) is 42.5 Å². The average Bonchev–Trinajstić information content (AvgIpc) is 3.09. The molecule has 1 saturated heterocycles. The van der Waals surface area contributed by atoms with Crippen LogP contribution >= 0.6 is 0 Å². The van der Waals surface area contributed by atoms with Gasteiger partial charge in [0.05, 0.1) is 11.0 Å². The van der Waals surface area contributed by atoms with E-state index in [1.54, 1.807) is 0 Å².